The summed E-state index contributed by atoms with van der Waals surface area (Å²) in [5.41, 5.74) is 0.890. The summed E-state index contributed by atoms with van der Waals surface area (Å²) in [5.74, 6) is 1.92. The standard InChI is InChI=1S/C18H25N3O3/c1-3-19-18(22)13-21-8-6-20(7-9-21)12-16-11-14-10-15(23-2)4-5-17(14)24-16/h4-5,10-11H,3,6-9,12-13H2,1-2H3,(H,19,22). The lowest BCUT2D eigenvalue weighted by Crippen LogP contribution is -2.49. The summed E-state index contributed by atoms with van der Waals surface area (Å²) >= 11 is 0. The number of piperazine rings is 1. The van der Waals surface area contributed by atoms with E-state index < -0.39 is 0 Å². The van der Waals surface area contributed by atoms with E-state index in [1.165, 1.54) is 0 Å². The van der Waals surface area contributed by atoms with Crippen LogP contribution in [0.15, 0.2) is 28.7 Å². The second-order valence-corrected chi connectivity index (χ2v) is 6.12. The molecule has 1 aliphatic rings. The van der Waals surface area contributed by atoms with E-state index in [9.17, 15) is 4.79 Å². The van der Waals surface area contributed by atoms with Crippen molar-refractivity contribution in [1.82, 2.24) is 15.1 Å². The Bertz CT molecular complexity index is 690. The summed E-state index contributed by atoms with van der Waals surface area (Å²) < 4.78 is 11.2. The summed E-state index contributed by atoms with van der Waals surface area (Å²) in [4.78, 5) is 16.2. The maximum atomic E-state index is 11.6. The van der Waals surface area contributed by atoms with Crippen molar-refractivity contribution in [2.24, 2.45) is 0 Å². The summed E-state index contributed by atoms with van der Waals surface area (Å²) in [6, 6.07) is 7.93. The quantitative estimate of drug-likeness (QED) is 0.873. The fourth-order valence-electron chi connectivity index (χ4n) is 3.06. The van der Waals surface area contributed by atoms with Gasteiger partial charge in [0.15, 0.2) is 0 Å². The number of nitrogens with one attached hydrogen (secondary N) is 1. The smallest absolute Gasteiger partial charge is 0.234 e. The third kappa shape index (κ3) is 4.07. The van der Waals surface area contributed by atoms with Gasteiger partial charge in [-0.05, 0) is 31.2 Å². The molecule has 1 aliphatic heterocycles. The molecule has 130 valence electrons. The minimum atomic E-state index is 0.109. The van der Waals surface area contributed by atoms with Gasteiger partial charge in [-0.2, -0.15) is 0 Å². The monoisotopic (exact) mass is 331 g/mol. The van der Waals surface area contributed by atoms with Crippen molar-refractivity contribution in [2.75, 3.05) is 46.4 Å². The number of likely N-dealkylation sites (N-methyl/N-ethyl adjacent to an activating group) is 1. The van der Waals surface area contributed by atoms with E-state index in [1.54, 1.807) is 7.11 Å². The predicted octanol–water partition coefficient (Wildman–Crippen LogP) is 1.70. The lowest BCUT2D eigenvalue weighted by Gasteiger charge is -2.33. The van der Waals surface area contributed by atoms with Gasteiger partial charge in [-0.1, -0.05) is 0 Å². The van der Waals surface area contributed by atoms with Crippen molar-refractivity contribution in [3.8, 4) is 5.75 Å². The lowest BCUT2D eigenvalue weighted by molar-refractivity contribution is -0.122. The van der Waals surface area contributed by atoms with Crippen LogP contribution in [0.2, 0.25) is 0 Å². The van der Waals surface area contributed by atoms with Crippen LogP contribution in [0.25, 0.3) is 11.0 Å². The Kier molecular flexibility index (Phi) is 5.37. The average molecular weight is 331 g/mol. The number of hydrogen-bond acceptors (Lipinski definition) is 5. The normalized spacial score (nSPS) is 16.4. The molecule has 0 radical (unpaired) electrons. The number of furan rings is 1. The van der Waals surface area contributed by atoms with Gasteiger partial charge in [0.2, 0.25) is 5.91 Å². The summed E-state index contributed by atoms with van der Waals surface area (Å²) in [6.45, 7) is 7.63. The van der Waals surface area contributed by atoms with Crippen LogP contribution in [-0.4, -0.2) is 62.1 Å². The van der Waals surface area contributed by atoms with Gasteiger partial charge in [0.05, 0.1) is 20.2 Å². The molecule has 24 heavy (non-hydrogen) atoms. The largest absolute Gasteiger partial charge is 0.497 e. The number of hydrogen-bond donors (Lipinski definition) is 1. The third-order valence-corrected chi connectivity index (χ3v) is 4.36. The number of carbonyl (C=O) groups excluding carboxylic acids is 1. The predicted molar refractivity (Wildman–Crippen MR) is 93.2 cm³/mol. The lowest BCUT2D eigenvalue weighted by atomic mass is 10.2. The van der Waals surface area contributed by atoms with Crippen molar-refractivity contribution < 1.29 is 13.9 Å². The molecule has 1 N–H and O–H groups in total. The van der Waals surface area contributed by atoms with Crippen molar-refractivity contribution in [3.63, 3.8) is 0 Å². The van der Waals surface area contributed by atoms with E-state index >= 15 is 0 Å². The first-order valence-corrected chi connectivity index (χ1v) is 8.46. The maximum Gasteiger partial charge on any atom is 0.234 e. The highest BCUT2D eigenvalue weighted by molar-refractivity contribution is 5.79. The van der Waals surface area contributed by atoms with Crippen LogP contribution in [0.4, 0.5) is 0 Å². The van der Waals surface area contributed by atoms with Gasteiger partial charge in [-0.15, -0.1) is 0 Å². The molecule has 6 heteroatoms. The van der Waals surface area contributed by atoms with Crippen molar-refractivity contribution in [2.45, 2.75) is 13.5 Å². The van der Waals surface area contributed by atoms with Gasteiger partial charge in [-0.25, -0.2) is 0 Å². The average Bonchev–Trinajstić information content (AvgIpc) is 2.98. The van der Waals surface area contributed by atoms with Gasteiger partial charge in [0.1, 0.15) is 17.1 Å². The van der Waals surface area contributed by atoms with E-state index in [4.69, 9.17) is 9.15 Å². The van der Waals surface area contributed by atoms with Crippen LogP contribution in [0.5, 0.6) is 5.75 Å². The molecule has 0 bridgehead atoms. The number of nitrogens with zero attached hydrogens (tertiary/aromatic N) is 2. The minimum Gasteiger partial charge on any atom is -0.497 e. The topological polar surface area (TPSA) is 58.0 Å². The molecule has 6 nitrogen and oxygen atoms in total. The van der Waals surface area contributed by atoms with Gasteiger partial charge in [0.25, 0.3) is 0 Å². The summed E-state index contributed by atoms with van der Waals surface area (Å²) in [7, 11) is 1.67. The molecule has 1 aromatic heterocycles. The van der Waals surface area contributed by atoms with E-state index in [1.807, 2.05) is 25.1 Å². The zero-order valence-electron chi connectivity index (χ0n) is 14.4. The first kappa shape index (κ1) is 16.8. The molecular formula is C18H25N3O3. The number of rotatable bonds is 6. The molecule has 0 atom stereocenters. The Hall–Kier alpha value is -2.05. The summed E-state index contributed by atoms with van der Waals surface area (Å²) in [5, 5.41) is 3.92. The molecule has 1 saturated heterocycles. The van der Waals surface area contributed by atoms with Crippen LogP contribution < -0.4 is 10.1 Å². The molecule has 0 aliphatic carbocycles. The zero-order valence-corrected chi connectivity index (χ0v) is 14.4. The molecule has 0 spiro atoms. The molecule has 0 saturated carbocycles. The first-order chi connectivity index (χ1) is 11.7. The minimum absolute atomic E-state index is 0.109. The highest BCUT2D eigenvalue weighted by Gasteiger charge is 2.19. The van der Waals surface area contributed by atoms with Crippen LogP contribution >= 0.6 is 0 Å². The highest BCUT2D eigenvalue weighted by Crippen LogP contribution is 2.25. The van der Waals surface area contributed by atoms with Crippen LogP contribution in [0.3, 0.4) is 0 Å². The third-order valence-electron chi connectivity index (χ3n) is 4.36. The maximum absolute atomic E-state index is 11.6. The van der Waals surface area contributed by atoms with Gasteiger partial charge in [0, 0.05) is 38.1 Å². The van der Waals surface area contributed by atoms with Crippen molar-refractivity contribution in [3.05, 3.63) is 30.0 Å². The molecule has 1 fully saturated rings. The number of methoxy groups -OCH3 is 1. The molecular weight excluding hydrogens is 306 g/mol. The fraction of sp³-hybridized carbons (Fsp3) is 0.500. The van der Waals surface area contributed by atoms with Crippen LogP contribution in [0, 0.1) is 0 Å². The zero-order chi connectivity index (χ0) is 16.9. The second-order valence-electron chi connectivity index (χ2n) is 6.12. The number of benzene rings is 1. The molecule has 3 rings (SSSR count). The number of carbonyl (C=O) groups is 1. The van der Waals surface area contributed by atoms with Gasteiger partial charge < -0.3 is 14.5 Å². The number of ether oxygens (including phenoxy) is 1. The van der Waals surface area contributed by atoms with Crippen LogP contribution in [-0.2, 0) is 11.3 Å². The SMILES string of the molecule is CCNC(=O)CN1CCN(Cc2cc3cc(OC)ccc3o2)CC1. The summed E-state index contributed by atoms with van der Waals surface area (Å²) in [6.07, 6.45) is 0. The highest BCUT2D eigenvalue weighted by atomic mass is 16.5. The first-order valence-electron chi connectivity index (χ1n) is 8.46. The van der Waals surface area contributed by atoms with Crippen LogP contribution in [0.1, 0.15) is 12.7 Å². The fourth-order valence-corrected chi connectivity index (χ4v) is 3.06. The van der Waals surface area contributed by atoms with E-state index in [0.29, 0.717) is 13.1 Å². The Morgan fingerprint density at radius 3 is 2.67 bits per heavy atom. The van der Waals surface area contributed by atoms with E-state index in [2.05, 4.69) is 21.2 Å². The molecule has 2 heterocycles. The van der Waals surface area contributed by atoms with E-state index in [-0.39, 0.29) is 5.91 Å². The van der Waals surface area contributed by atoms with Gasteiger partial charge in [-0.3, -0.25) is 14.6 Å². The Labute approximate surface area is 142 Å². The Balaban J connectivity index is 1.53. The second kappa shape index (κ2) is 7.68. The molecule has 0 unspecified atom stereocenters. The van der Waals surface area contributed by atoms with Gasteiger partial charge >= 0.3 is 0 Å². The van der Waals surface area contributed by atoms with Crippen molar-refractivity contribution in [1.29, 1.82) is 0 Å². The molecule has 1 aromatic carbocycles. The number of amides is 1. The Morgan fingerprint density at radius 1 is 1.21 bits per heavy atom. The molecule has 2 aromatic rings. The Morgan fingerprint density at radius 2 is 1.96 bits per heavy atom. The van der Waals surface area contributed by atoms with E-state index in [0.717, 1.165) is 55.2 Å². The van der Waals surface area contributed by atoms with Crippen molar-refractivity contribution >= 4 is 16.9 Å². The molecule has 1 amide bonds. The number of fused-ring (bicyclic) bond motifs is 1.